The second-order valence-corrected chi connectivity index (χ2v) is 3.10. The van der Waals surface area contributed by atoms with Crippen LogP contribution in [0.25, 0.3) is 0 Å². The van der Waals surface area contributed by atoms with Gasteiger partial charge in [-0.05, 0) is 0 Å². The fraction of sp³-hybridized carbons (Fsp3) is 0.375. The molecular formula is C8H11N3O5. The monoisotopic (exact) mass is 229 g/mol. The lowest BCUT2D eigenvalue weighted by molar-refractivity contribution is -0.138. The van der Waals surface area contributed by atoms with Gasteiger partial charge in [0.2, 0.25) is 5.91 Å². The molecule has 0 fully saturated rings. The van der Waals surface area contributed by atoms with Crippen molar-refractivity contribution in [3.8, 4) is 0 Å². The SMILES string of the molecule is N[C@@H](Cc1c[nH]oc1=O)C(=O)NCC(=O)O. The van der Waals surface area contributed by atoms with Crippen LogP contribution in [-0.4, -0.2) is 34.7 Å². The molecule has 8 nitrogen and oxygen atoms in total. The van der Waals surface area contributed by atoms with Gasteiger partial charge >= 0.3 is 11.6 Å². The molecule has 1 heterocycles. The summed E-state index contributed by atoms with van der Waals surface area (Å²) in [6.07, 6.45) is 1.28. The number of hydrogen-bond donors (Lipinski definition) is 4. The standard InChI is InChI=1S/C8H11N3O5/c9-5(7(14)10-3-6(12)13)1-4-2-11-16-8(4)15/h2,5,11H,1,3,9H2,(H,10,14)(H,12,13)/t5-/m0/s1. The van der Waals surface area contributed by atoms with Gasteiger partial charge in [-0.3, -0.25) is 9.59 Å². The molecular weight excluding hydrogens is 218 g/mol. The maximum absolute atomic E-state index is 11.2. The van der Waals surface area contributed by atoms with Gasteiger partial charge in [0.15, 0.2) is 0 Å². The number of carbonyl (C=O) groups excluding carboxylic acids is 1. The van der Waals surface area contributed by atoms with E-state index in [-0.39, 0.29) is 12.0 Å². The summed E-state index contributed by atoms with van der Waals surface area (Å²) in [7, 11) is 0. The normalized spacial score (nSPS) is 12.1. The summed E-state index contributed by atoms with van der Waals surface area (Å²) in [4.78, 5) is 32.4. The number of aliphatic carboxylic acids is 1. The van der Waals surface area contributed by atoms with Crippen LogP contribution in [0.1, 0.15) is 5.56 Å². The summed E-state index contributed by atoms with van der Waals surface area (Å²) < 4.78 is 4.38. The van der Waals surface area contributed by atoms with E-state index in [0.29, 0.717) is 0 Å². The average molecular weight is 229 g/mol. The molecule has 0 aliphatic carbocycles. The first-order valence-corrected chi connectivity index (χ1v) is 4.41. The molecule has 0 spiro atoms. The van der Waals surface area contributed by atoms with Crippen LogP contribution in [-0.2, 0) is 16.0 Å². The largest absolute Gasteiger partial charge is 0.480 e. The van der Waals surface area contributed by atoms with Crippen molar-refractivity contribution < 1.29 is 19.2 Å². The van der Waals surface area contributed by atoms with Crippen LogP contribution in [0.5, 0.6) is 0 Å². The highest BCUT2D eigenvalue weighted by Crippen LogP contribution is 1.94. The Morgan fingerprint density at radius 1 is 1.62 bits per heavy atom. The number of carboxylic acid groups (broad SMARTS) is 1. The highest BCUT2D eigenvalue weighted by molar-refractivity contribution is 5.85. The van der Waals surface area contributed by atoms with E-state index in [2.05, 4.69) is 15.0 Å². The third-order valence-corrected chi connectivity index (χ3v) is 1.84. The molecule has 0 aliphatic rings. The second kappa shape index (κ2) is 5.12. The van der Waals surface area contributed by atoms with Crippen molar-refractivity contribution >= 4 is 11.9 Å². The number of carboxylic acids is 1. The van der Waals surface area contributed by atoms with Gasteiger partial charge in [0, 0.05) is 12.6 Å². The van der Waals surface area contributed by atoms with Crippen LogP contribution in [0.2, 0.25) is 0 Å². The van der Waals surface area contributed by atoms with Crippen LogP contribution < -0.4 is 16.7 Å². The van der Waals surface area contributed by atoms with Crippen molar-refractivity contribution in [1.82, 2.24) is 10.5 Å². The number of aromatic amines is 1. The van der Waals surface area contributed by atoms with E-state index in [0.717, 1.165) is 0 Å². The topological polar surface area (TPSA) is 138 Å². The quantitative estimate of drug-likeness (QED) is 0.462. The lowest BCUT2D eigenvalue weighted by Gasteiger charge is -2.08. The number of hydrogen-bond acceptors (Lipinski definition) is 5. The lowest BCUT2D eigenvalue weighted by atomic mass is 10.1. The molecule has 5 N–H and O–H groups in total. The number of rotatable bonds is 5. The number of nitrogens with one attached hydrogen (secondary N) is 2. The Balaban J connectivity index is 2.49. The van der Waals surface area contributed by atoms with Crippen molar-refractivity contribution in [2.75, 3.05) is 6.54 Å². The van der Waals surface area contributed by atoms with E-state index in [4.69, 9.17) is 10.8 Å². The molecule has 0 aromatic carbocycles. The Hall–Kier alpha value is -2.09. The lowest BCUT2D eigenvalue weighted by Crippen LogP contribution is -2.44. The summed E-state index contributed by atoms with van der Waals surface area (Å²) in [6, 6.07) is -0.988. The van der Waals surface area contributed by atoms with E-state index >= 15 is 0 Å². The molecule has 0 bridgehead atoms. The van der Waals surface area contributed by atoms with Crippen molar-refractivity contribution in [3.63, 3.8) is 0 Å². The fourth-order valence-corrected chi connectivity index (χ4v) is 1.04. The van der Waals surface area contributed by atoms with Gasteiger partial charge in [-0.2, -0.15) is 0 Å². The molecule has 88 valence electrons. The first kappa shape index (κ1) is 12.0. The average Bonchev–Trinajstić information content (AvgIpc) is 2.60. The predicted molar refractivity (Wildman–Crippen MR) is 51.7 cm³/mol. The minimum atomic E-state index is -1.17. The molecule has 0 aliphatic heterocycles. The maximum atomic E-state index is 11.2. The minimum Gasteiger partial charge on any atom is -0.480 e. The summed E-state index contributed by atoms with van der Waals surface area (Å²) >= 11 is 0. The molecule has 0 radical (unpaired) electrons. The molecule has 1 rings (SSSR count). The Morgan fingerprint density at radius 2 is 2.31 bits per heavy atom. The summed E-state index contributed by atoms with van der Waals surface area (Å²) in [5, 5.41) is 12.7. The first-order chi connectivity index (χ1) is 7.50. The van der Waals surface area contributed by atoms with Crippen molar-refractivity contribution in [2.45, 2.75) is 12.5 Å². The third kappa shape index (κ3) is 3.24. The molecule has 1 amide bonds. The van der Waals surface area contributed by atoms with Crippen molar-refractivity contribution in [2.24, 2.45) is 5.73 Å². The molecule has 16 heavy (non-hydrogen) atoms. The van der Waals surface area contributed by atoms with E-state index in [9.17, 15) is 14.4 Å². The molecule has 1 atom stereocenters. The van der Waals surface area contributed by atoms with Gasteiger partial charge in [0.1, 0.15) is 6.54 Å². The van der Waals surface area contributed by atoms with Gasteiger partial charge in [-0.1, -0.05) is 0 Å². The van der Waals surface area contributed by atoms with E-state index in [1.54, 1.807) is 0 Å². The number of H-pyrrole nitrogens is 1. The van der Waals surface area contributed by atoms with Crippen molar-refractivity contribution in [1.29, 1.82) is 0 Å². The van der Waals surface area contributed by atoms with Gasteiger partial charge < -0.3 is 20.7 Å². The number of aromatic nitrogens is 1. The minimum absolute atomic E-state index is 0.0166. The van der Waals surface area contributed by atoms with Gasteiger partial charge in [-0.25, -0.2) is 9.95 Å². The predicted octanol–water partition coefficient (Wildman–Crippen LogP) is -1.96. The van der Waals surface area contributed by atoms with E-state index in [1.807, 2.05) is 0 Å². The highest BCUT2D eigenvalue weighted by atomic mass is 16.5. The zero-order valence-corrected chi connectivity index (χ0v) is 8.23. The van der Waals surface area contributed by atoms with Gasteiger partial charge in [0.25, 0.3) is 0 Å². The van der Waals surface area contributed by atoms with Crippen LogP contribution in [0, 0.1) is 0 Å². The molecule has 1 aromatic rings. The smallest absolute Gasteiger partial charge is 0.360 e. The summed E-state index contributed by atoms with van der Waals surface area (Å²) in [6.45, 7) is -0.506. The number of nitrogens with two attached hydrogens (primary N) is 1. The van der Waals surface area contributed by atoms with Gasteiger partial charge in [0.05, 0.1) is 11.6 Å². The Morgan fingerprint density at radius 3 is 2.81 bits per heavy atom. The number of carbonyl (C=O) groups is 2. The Kier molecular flexibility index (Phi) is 3.84. The maximum Gasteiger partial charge on any atom is 0.360 e. The molecule has 0 unspecified atom stereocenters. The molecule has 0 saturated heterocycles. The third-order valence-electron chi connectivity index (χ3n) is 1.84. The number of amides is 1. The van der Waals surface area contributed by atoms with Crippen LogP contribution >= 0.6 is 0 Å². The zero-order chi connectivity index (χ0) is 12.1. The van der Waals surface area contributed by atoms with Gasteiger partial charge in [-0.15, -0.1) is 0 Å². The summed E-state index contributed by atoms with van der Waals surface area (Å²) in [5.74, 6) is -1.80. The van der Waals surface area contributed by atoms with E-state index < -0.39 is 30.1 Å². The van der Waals surface area contributed by atoms with Crippen LogP contribution in [0.3, 0.4) is 0 Å². The first-order valence-electron chi connectivity index (χ1n) is 4.41. The molecule has 8 heteroatoms. The summed E-state index contributed by atoms with van der Waals surface area (Å²) in [5.41, 5.74) is 5.10. The Bertz CT molecular complexity index is 435. The zero-order valence-electron chi connectivity index (χ0n) is 8.23. The fourth-order valence-electron chi connectivity index (χ4n) is 1.04. The molecule has 1 aromatic heterocycles. The second-order valence-electron chi connectivity index (χ2n) is 3.10. The van der Waals surface area contributed by atoms with Crippen LogP contribution in [0.15, 0.2) is 15.5 Å². The van der Waals surface area contributed by atoms with Crippen molar-refractivity contribution in [3.05, 3.63) is 22.2 Å². The highest BCUT2D eigenvalue weighted by Gasteiger charge is 2.17. The molecule has 0 saturated carbocycles. The van der Waals surface area contributed by atoms with Crippen LogP contribution in [0.4, 0.5) is 0 Å². The van der Waals surface area contributed by atoms with E-state index in [1.165, 1.54) is 6.20 Å². The Labute approximate surface area is 89.4 Å².